The zero-order valence-electron chi connectivity index (χ0n) is 6.27. The van der Waals surface area contributed by atoms with Crippen molar-refractivity contribution in [2.45, 2.75) is 6.42 Å². The van der Waals surface area contributed by atoms with Gasteiger partial charge in [0.2, 0.25) is 0 Å². The Kier molecular flexibility index (Phi) is 5.89. The summed E-state index contributed by atoms with van der Waals surface area (Å²) in [5, 5.41) is 3.23. The van der Waals surface area contributed by atoms with Gasteiger partial charge in [-0.3, -0.25) is 0 Å². The molecule has 0 saturated carbocycles. The molecule has 2 heteroatoms. The van der Waals surface area contributed by atoms with E-state index in [0.29, 0.717) is 5.92 Å². The van der Waals surface area contributed by atoms with Crippen molar-refractivity contribution in [2.24, 2.45) is 5.92 Å². The van der Waals surface area contributed by atoms with Crippen LogP contribution in [0.3, 0.4) is 0 Å². The van der Waals surface area contributed by atoms with Crippen LogP contribution in [0.25, 0.3) is 0 Å². The maximum absolute atomic E-state index is 3.98. The molecule has 0 aromatic heterocycles. The van der Waals surface area contributed by atoms with Crippen molar-refractivity contribution in [1.29, 1.82) is 0 Å². The van der Waals surface area contributed by atoms with Gasteiger partial charge in [0, 0.05) is 39.3 Å². The minimum atomic E-state index is 0. The van der Waals surface area contributed by atoms with E-state index in [-0.39, 0.29) is 32.7 Å². The van der Waals surface area contributed by atoms with E-state index in [0.717, 1.165) is 19.5 Å². The number of nitrogens with one attached hydrogen (secondary N) is 1. The summed E-state index contributed by atoms with van der Waals surface area (Å²) in [5.74, 6) is 0.455. The van der Waals surface area contributed by atoms with Crippen molar-refractivity contribution in [3.05, 3.63) is 25.5 Å². The topological polar surface area (TPSA) is 12.0 Å². The van der Waals surface area contributed by atoms with Crippen LogP contribution in [-0.2, 0) is 32.7 Å². The predicted octanol–water partition coefficient (Wildman–Crippen LogP) is 1.19. The van der Waals surface area contributed by atoms with E-state index < -0.39 is 0 Å². The van der Waals surface area contributed by atoms with E-state index in [1.54, 1.807) is 0 Å². The average Bonchev–Trinajstić information content (AvgIpc) is 1.89. The summed E-state index contributed by atoms with van der Waals surface area (Å²) in [6, 6.07) is 0. The van der Waals surface area contributed by atoms with Crippen molar-refractivity contribution in [3.63, 3.8) is 0 Å². The van der Waals surface area contributed by atoms with Gasteiger partial charge in [-0.2, -0.15) is 6.42 Å². The zero-order chi connectivity index (χ0) is 6.69. The normalized spacial score (nSPS) is 25.0. The fourth-order valence-electron chi connectivity index (χ4n) is 1.06. The fraction of sp³-hybridized carbons (Fsp3) is 0.500. The monoisotopic (exact) mass is 212 g/mol. The van der Waals surface area contributed by atoms with Gasteiger partial charge < -0.3 is 19.2 Å². The number of rotatable bonds is 1. The van der Waals surface area contributed by atoms with Crippen LogP contribution in [0.15, 0.2) is 11.6 Å². The Morgan fingerprint density at radius 1 is 1.70 bits per heavy atom. The number of hydrogen-bond acceptors (Lipinski definition) is 1. The summed E-state index contributed by atoms with van der Waals surface area (Å²) in [6.07, 6.45) is 3.10. The molecule has 1 unspecified atom stereocenters. The van der Waals surface area contributed by atoms with Gasteiger partial charge in [0.05, 0.1) is 0 Å². The van der Waals surface area contributed by atoms with E-state index in [2.05, 4.69) is 25.2 Å². The summed E-state index contributed by atoms with van der Waals surface area (Å²) in [4.78, 5) is 0. The second-order valence-corrected chi connectivity index (χ2v) is 2.38. The average molecular weight is 212 g/mol. The third kappa shape index (κ3) is 2.81. The van der Waals surface area contributed by atoms with Gasteiger partial charge in [-0.1, -0.05) is 6.08 Å². The van der Waals surface area contributed by atoms with Gasteiger partial charge in [0.15, 0.2) is 0 Å². The minimum absolute atomic E-state index is 0. The predicted molar refractivity (Wildman–Crippen MR) is 39.8 cm³/mol. The van der Waals surface area contributed by atoms with Crippen LogP contribution >= 0.6 is 0 Å². The standard InChI is InChI=1S/C8H13N.Y/c1-3-8-4-5-9-6-7(8)2;/h4,7,9H,1-3,5-6H2;/q-2;. The molecule has 1 radical (unpaired) electrons. The summed E-state index contributed by atoms with van der Waals surface area (Å²) in [5.41, 5.74) is 1.40. The molecular weight excluding hydrogens is 199 g/mol. The van der Waals surface area contributed by atoms with Gasteiger partial charge in [-0.05, 0) is 6.54 Å². The second kappa shape index (κ2) is 5.45. The van der Waals surface area contributed by atoms with Gasteiger partial charge in [-0.25, -0.2) is 0 Å². The Balaban J connectivity index is 0.000000810. The maximum Gasteiger partial charge on any atom is 0.0134 e. The van der Waals surface area contributed by atoms with Crippen LogP contribution in [0.2, 0.25) is 0 Å². The molecule has 1 N–H and O–H groups in total. The molecule has 1 aliphatic heterocycles. The van der Waals surface area contributed by atoms with Crippen molar-refractivity contribution < 1.29 is 32.7 Å². The summed E-state index contributed by atoms with van der Waals surface area (Å²) < 4.78 is 0. The van der Waals surface area contributed by atoms with E-state index >= 15 is 0 Å². The molecular formula is C8H13NY-2. The van der Waals surface area contributed by atoms with Crippen LogP contribution in [0, 0.1) is 19.8 Å². The maximum atomic E-state index is 3.98. The molecule has 0 aromatic carbocycles. The molecule has 1 rings (SSSR count). The first-order valence-corrected chi connectivity index (χ1v) is 3.36. The van der Waals surface area contributed by atoms with Gasteiger partial charge in [-0.15, -0.1) is 11.5 Å². The minimum Gasteiger partial charge on any atom is -0.339 e. The molecule has 0 bridgehead atoms. The quantitative estimate of drug-likeness (QED) is 0.508. The number of hydrogen-bond donors (Lipinski definition) is 1. The second-order valence-electron chi connectivity index (χ2n) is 2.38. The largest absolute Gasteiger partial charge is 0.339 e. The van der Waals surface area contributed by atoms with Gasteiger partial charge >= 0.3 is 0 Å². The Hall–Kier alpha value is 0.804. The van der Waals surface area contributed by atoms with Crippen LogP contribution in [0.5, 0.6) is 0 Å². The Morgan fingerprint density at radius 3 is 2.80 bits per heavy atom. The van der Waals surface area contributed by atoms with Crippen molar-refractivity contribution >= 4 is 0 Å². The van der Waals surface area contributed by atoms with E-state index in [4.69, 9.17) is 0 Å². The molecule has 1 nitrogen and oxygen atoms in total. The third-order valence-corrected chi connectivity index (χ3v) is 1.71. The summed E-state index contributed by atoms with van der Waals surface area (Å²) in [7, 11) is 0. The Labute approximate surface area is 88.5 Å². The SMILES string of the molecule is [CH2-]CC1=CCNCC1[CH2-].[Y]. The molecule has 0 spiro atoms. The van der Waals surface area contributed by atoms with Crippen LogP contribution in [0.1, 0.15) is 6.42 Å². The van der Waals surface area contributed by atoms with E-state index in [1.807, 2.05) is 0 Å². The molecule has 1 atom stereocenters. The third-order valence-electron chi connectivity index (χ3n) is 1.71. The molecule has 1 aliphatic rings. The zero-order valence-corrected chi connectivity index (χ0v) is 9.11. The fourth-order valence-corrected chi connectivity index (χ4v) is 1.06. The molecule has 0 fully saturated rings. The molecule has 55 valence electrons. The molecule has 0 aromatic rings. The smallest absolute Gasteiger partial charge is 0.0134 e. The first-order valence-electron chi connectivity index (χ1n) is 3.36. The van der Waals surface area contributed by atoms with Crippen LogP contribution < -0.4 is 5.32 Å². The van der Waals surface area contributed by atoms with Crippen LogP contribution in [0.4, 0.5) is 0 Å². The Morgan fingerprint density at radius 2 is 2.40 bits per heavy atom. The van der Waals surface area contributed by atoms with E-state index in [9.17, 15) is 0 Å². The van der Waals surface area contributed by atoms with Crippen molar-refractivity contribution in [2.75, 3.05) is 13.1 Å². The van der Waals surface area contributed by atoms with Crippen molar-refractivity contribution in [1.82, 2.24) is 5.32 Å². The van der Waals surface area contributed by atoms with Gasteiger partial charge in [0.1, 0.15) is 0 Å². The summed E-state index contributed by atoms with van der Waals surface area (Å²) in [6.45, 7) is 9.81. The first kappa shape index (κ1) is 10.8. The summed E-state index contributed by atoms with van der Waals surface area (Å²) >= 11 is 0. The first-order chi connectivity index (χ1) is 4.34. The van der Waals surface area contributed by atoms with Crippen LogP contribution in [-0.4, -0.2) is 13.1 Å². The Bertz CT molecular complexity index is 120. The van der Waals surface area contributed by atoms with E-state index in [1.165, 1.54) is 5.57 Å². The molecule has 10 heavy (non-hydrogen) atoms. The molecule has 1 heterocycles. The van der Waals surface area contributed by atoms with Gasteiger partial charge in [0.25, 0.3) is 0 Å². The molecule has 0 aliphatic carbocycles. The molecule has 0 saturated heterocycles. The molecule has 0 amide bonds. The van der Waals surface area contributed by atoms with Crippen molar-refractivity contribution in [3.8, 4) is 0 Å².